The molecule has 0 aliphatic heterocycles. The van der Waals surface area contributed by atoms with E-state index in [1.807, 2.05) is 0 Å². The predicted molar refractivity (Wildman–Crippen MR) is 57.1 cm³/mol. The van der Waals surface area contributed by atoms with E-state index in [4.69, 9.17) is 16.7 Å². The van der Waals surface area contributed by atoms with Gasteiger partial charge < -0.3 is 10.4 Å². The maximum absolute atomic E-state index is 10.5. The number of halogens is 1. The van der Waals surface area contributed by atoms with Crippen LogP contribution >= 0.6 is 11.6 Å². The van der Waals surface area contributed by atoms with Crippen LogP contribution in [0.5, 0.6) is 0 Å². The molecule has 0 aliphatic rings. The molecule has 0 atom stereocenters. The van der Waals surface area contributed by atoms with Gasteiger partial charge in [0.25, 0.3) is 0 Å². The number of aliphatic carboxylic acids is 1. The minimum Gasteiger partial charge on any atom is -0.481 e. The third-order valence-electron chi connectivity index (χ3n) is 1.74. The lowest BCUT2D eigenvalue weighted by molar-refractivity contribution is -0.136. The van der Waals surface area contributed by atoms with Crippen molar-refractivity contribution in [2.75, 3.05) is 11.9 Å². The molecule has 0 bridgehead atoms. The van der Waals surface area contributed by atoms with Crippen LogP contribution in [0.15, 0.2) is 24.3 Å². The molecule has 0 fully saturated rings. The monoisotopic (exact) mass is 227 g/mol. The van der Waals surface area contributed by atoms with Crippen molar-refractivity contribution >= 4 is 28.5 Å². The number of benzene rings is 1. The largest absolute Gasteiger partial charge is 0.481 e. The molecular formula is C10H10ClNO3. The molecule has 0 spiro atoms. The van der Waals surface area contributed by atoms with Crippen LogP contribution in [0.4, 0.5) is 5.69 Å². The van der Waals surface area contributed by atoms with Gasteiger partial charge in [0.05, 0.1) is 13.0 Å². The van der Waals surface area contributed by atoms with Crippen LogP contribution in [-0.4, -0.2) is 22.9 Å². The Morgan fingerprint density at radius 3 is 2.33 bits per heavy atom. The second kappa shape index (κ2) is 5.36. The van der Waals surface area contributed by atoms with Crippen molar-refractivity contribution in [3.63, 3.8) is 0 Å². The highest BCUT2D eigenvalue weighted by atomic mass is 35.5. The molecule has 1 rings (SSSR count). The SMILES string of the molecule is O=C(O)Cc1ccc(NCC(=O)Cl)cc1. The zero-order valence-corrected chi connectivity index (χ0v) is 8.62. The number of anilines is 1. The summed E-state index contributed by atoms with van der Waals surface area (Å²) >= 11 is 5.15. The summed E-state index contributed by atoms with van der Waals surface area (Å²) in [6.07, 6.45) is -0.00524. The first-order chi connectivity index (χ1) is 7.08. The van der Waals surface area contributed by atoms with Crippen molar-refractivity contribution in [2.45, 2.75) is 6.42 Å². The van der Waals surface area contributed by atoms with Gasteiger partial charge in [0, 0.05) is 5.69 Å². The topological polar surface area (TPSA) is 66.4 Å². The minimum absolute atomic E-state index is 0.00524. The Morgan fingerprint density at radius 1 is 1.27 bits per heavy atom. The molecule has 0 radical (unpaired) electrons. The Kier molecular flexibility index (Phi) is 4.12. The Labute approximate surface area is 91.9 Å². The van der Waals surface area contributed by atoms with E-state index >= 15 is 0 Å². The van der Waals surface area contributed by atoms with Crippen LogP contribution in [-0.2, 0) is 16.0 Å². The first-order valence-electron chi connectivity index (χ1n) is 4.31. The van der Waals surface area contributed by atoms with Gasteiger partial charge in [-0.3, -0.25) is 9.59 Å². The van der Waals surface area contributed by atoms with Gasteiger partial charge in [-0.25, -0.2) is 0 Å². The lowest BCUT2D eigenvalue weighted by atomic mass is 10.1. The highest BCUT2D eigenvalue weighted by molar-refractivity contribution is 6.64. The predicted octanol–water partition coefficient (Wildman–Crippen LogP) is 1.49. The number of carboxylic acids is 1. The van der Waals surface area contributed by atoms with Crippen molar-refractivity contribution in [1.82, 2.24) is 0 Å². The Morgan fingerprint density at radius 2 is 1.87 bits per heavy atom. The Hall–Kier alpha value is -1.55. The highest BCUT2D eigenvalue weighted by Gasteiger charge is 2.00. The molecule has 0 unspecified atom stereocenters. The summed E-state index contributed by atoms with van der Waals surface area (Å²) in [5.74, 6) is -0.869. The van der Waals surface area contributed by atoms with Gasteiger partial charge in [-0.05, 0) is 29.3 Å². The van der Waals surface area contributed by atoms with Crippen LogP contribution in [0, 0.1) is 0 Å². The Bertz CT molecular complexity index is 361. The van der Waals surface area contributed by atoms with Gasteiger partial charge in [-0.15, -0.1) is 0 Å². The number of carbonyl (C=O) groups is 2. The van der Waals surface area contributed by atoms with E-state index in [0.29, 0.717) is 5.56 Å². The average molecular weight is 228 g/mol. The van der Waals surface area contributed by atoms with Crippen molar-refractivity contribution in [2.24, 2.45) is 0 Å². The summed E-state index contributed by atoms with van der Waals surface area (Å²) < 4.78 is 0. The number of hydrogen-bond acceptors (Lipinski definition) is 3. The van der Waals surface area contributed by atoms with Crippen molar-refractivity contribution < 1.29 is 14.7 Å². The van der Waals surface area contributed by atoms with Gasteiger partial charge in [0.2, 0.25) is 5.24 Å². The van der Waals surface area contributed by atoms with Crippen LogP contribution < -0.4 is 5.32 Å². The van der Waals surface area contributed by atoms with E-state index in [1.165, 1.54) is 0 Å². The van der Waals surface area contributed by atoms with Gasteiger partial charge in [0.15, 0.2) is 0 Å². The normalized spacial score (nSPS) is 9.67. The lowest BCUT2D eigenvalue weighted by Crippen LogP contribution is -2.07. The fraction of sp³-hybridized carbons (Fsp3) is 0.200. The second-order valence-corrected chi connectivity index (χ2v) is 3.40. The van der Waals surface area contributed by atoms with E-state index < -0.39 is 11.2 Å². The van der Waals surface area contributed by atoms with E-state index in [-0.39, 0.29) is 13.0 Å². The molecule has 0 aromatic heterocycles. The lowest BCUT2D eigenvalue weighted by Gasteiger charge is -2.03. The summed E-state index contributed by atoms with van der Waals surface area (Å²) in [5.41, 5.74) is 1.45. The van der Waals surface area contributed by atoms with E-state index in [1.54, 1.807) is 24.3 Å². The quantitative estimate of drug-likeness (QED) is 0.748. The zero-order valence-electron chi connectivity index (χ0n) is 7.87. The molecule has 0 heterocycles. The van der Waals surface area contributed by atoms with E-state index in [2.05, 4.69) is 5.32 Å². The molecule has 5 heteroatoms. The van der Waals surface area contributed by atoms with Gasteiger partial charge >= 0.3 is 5.97 Å². The third kappa shape index (κ3) is 4.46. The number of carboxylic acid groups (broad SMARTS) is 1. The standard InChI is InChI=1S/C10H10ClNO3/c11-9(13)6-12-8-3-1-7(2-4-8)5-10(14)15/h1-4,12H,5-6H2,(H,14,15). The number of carbonyl (C=O) groups excluding carboxylic acids is 1. The molecule has 0 aliphatic carbocycles. The van der Waals surface area contributed by atoms with Gasteiger partial charge in [-0.1, -0.05) is 12.1 Å². The minimum atomic E-state index is -0.869. The number of nitrogens with one attached hydrogen (secondary N) is 1. The van der Waals surface area contributed by atoms with Gasteiger partial charge in [-0.2, -0.15) is 0 Å². The summed E-state index contributed by atoms with van der Waals surface area (Å²) in [5, 5.41) is 10.9. The summed E-state index contributed by atoms with van der Waals surface area (Å²) in [7, 11) is 0. The molecule has 1 aromatic carbocycles. The molecule has 0 saturated carbocycles. The fourth-order valence-corrected chi connectivity index (χ4v) is 1.15. The fourth-order valence-electron chi connectivity index (χ4n) is 1.09. The molecule has 0 saturated heterocycles. The molecule has 1 aromatic rings. The van der Waals surface area contributed by atoms with Crippen LogP contribution in [0.2, 0.25) is 0 Å². The van der Waals surface area contributed by atoms with Crippen LogP contribution in [0.25, 0.3) is 0 Å². The van der Waals surface area contributed by atoms with E-state index in [0.717, 1.165) is 5.69 Å². The molecule has 4 nitrogen and oxygen atoms in total. The zero-order chi connectivity index (χ0) is 11.3. The summed E-state index contributed by atoms with van der Waals surface area (Å²) in [6, 6.07) is 6.79. The van der Waals surface area contributed by atoms with Crippen LogP contribution in [0.1, 0.15) is 5.56 Å². The maximum atomic E-state index is 10.5. The first kappa shape index (κ1) is 11.5. The highest BCUT2D eigenvalue weighted by Crippen LogP contribution is 2.09. The number of hydrogen-bond donors (Lipinski definition) is 2. The van der Waals surface area contributed by atoms with Gasteiger partial charge in [0.1, 0.15) is 0 Å². The first-order valence-corrected chi connectivity index (χ1v) is 4.68. The van der Waals surface area contributed by atoms with Crippen LogP contribution in [0.3, 0.4) is 0 Å². The summed E-state index contributed by atoms with van der Waals surface area (Å²) in [6.45, 7) is 0.0554. The Balaban J connectivity index is 2.56. The smallest absolute Gasteiger partial charge is 0.307 e. The average Bonchev–Trinajstić information content (AvgIpc) is 2.16. The maximum Gasteiger partial charge on any atom is 0.307 e. The van der Waals surface area contributed by atoms with Crippen molar-refractivity contribution in [3.05, 3.63) is 29.8 Å². The van der Waals surface area contributed by atoms with Crippen molar-refractivity contribution in [3.8, 4) is 0 Å². The van der Waals surface area contributed by atoms with Crippen molar-refractivity contribution in [1.29, 1.82) is 0 Å². The number of rotatable bonds is 5. The molecule has 15 heavy (non-hydrogen) atoms. The van der Waals surface area contributed by atoms with E-state index in [9.17, 15) is 9.59 Å². The molecular weight excluding hydrogens is 218 g/mol. The second-order valence-electron chi connectivity index (χ2n) is 2.98. The summed E-state index contributed by atoms with van der Waals surface area (Å²) in [4.78, 5) is 20.8. The molecule has 0 amide bonds. The molecule has 80 valence electrons. The third-order valence-corrected chi connectivity index (χ3v) is 1.87. The molecule has 2 N–H and O–H groups in total.